The van der Waals surface area contributed by atoms with Crippen LogP contribution in [0.4, 0.5) is 4.39 Å². The van der Waals surface area contributed by atoms with Crippen molar-refractivity contribution >= 4 is 27.0 Å². The Morgan fingerprint density at radius 2 is 2.12 bits per heavy atom. The highest BCUT2D eigenvalue weighted by molar-refractivity contribution is 7.94. The molecule has 1 aromatic carbocycles. The number of nitrogens with zero attached hydrogens (tertiary/aromatic N) is 2. The SMILES string of the molecule is O=C(N=S1(=O)CCCC2(CCCN2)C1)c1csc(-c2ccccc2F)n1. The maximum absolute atomic E-state index is 13.9. The molecule has 0 bridgehead atoms. The number of rotatable bonds is 2. The average Bonchev–Trinajstić information content (AvgIpc) is 3.25. The molecule has 0 radical (unpaired) electrons. The monoisotopic (exact) mass is 393 g/mol. The van der Waals surface area contributed by atoms with E-state index in [0.717, 1.165) is 32.2 Å². The highest BCUT2D eigenvalue weighted by atomic mass is 32.2. The van der Waals surface area contributed by atoms with Crippen LogP contribution in [0, 0.1) is 5.82 Å². The Morgan fingerprint density at radius 1 is 1.31 bits per heavy atom. The topological polar surface area (TPSA) is 71.4 Å². The number of carbonyl (C=O) groups is 1. The maximum Gasteiger partial charge on any atom is 0.304 e. The van der Waals surface area contributed by atoms with Crippen LogP contribution in [0.1, 0.15) is 36.2 Å². The minimum atomic E-state index is -2.59. The van der Waals surface area contributed by atoms with Crippen LogP contribution in [-0.2, 0) is 9.73 Å². The molecule has 4 rings (SSSR count). The predicted octanol–water partition coefficient (Wildman–Crippen LogP) is 3.47. The highest BCUT2D eigenvalue weighted by Crippen LogP contribution is 2.32. The summed E-state index contributed by atoms with van der Waals surface area (Å²) in [5, 5.41) is 5.45. The average molecular weight is 394 g/mol. The second-order valence-corrected chi connectivity index (χ2v) is 10.2. The third-order valence-corrected chi connectivity index (χ3v) is 8.33. The van der Waals surface area contributed by atoms with E-state index in [0.29, 0.717) is 22.1 Å². The molecule has 1 N–H and O–H groups in total. The first-order valence-corrected chi connectivity index (χ1v) is 11.4. The van der Waals surface area contributed by atoms with Crippen molar-refractivity contribution < 1.29 is 13.4 Å². The lowest BCUT2D eigenvalue weighted by Gasteiger charge is -2.35. The quantitative estimate of drug-likeness (QED) is 0.848. The molecular weight excluding hydrogens is 373 g/mol. The van der Waals surface area contributed by atoms with Gasteiger partial charge in [0.2, 0.25) is 0 Å². The zero-order chi connectivity index (χ0) is 18.2. The number of hydrogen-bond acceptors (Lipinski definition) is 5. The molecule has 26 heavy (non-hydrogen) atoms. The van der Waals surface area contributed by atoms with Gasteiger partial charge in [0.1, 0.15) is 16.5 Å². The molecule has 8 heteroatoms. The molecular formula is C18H20FN3O2S2. The van der Waals surface area contributed by atoms with Gasteiger partial charge in [0.15, 0.2) is 0 Å². The van der Waals surface area contributed by atoms with Crippen molar-refractivity contribution in [3.8, 4) is 10.6 Å². The Bertz CT molecular complexity index is 957. The largest absolute Gasteiger partial charge is 0.310 e. The Hall–Kier alpha value is -1.64. The van der Waals surface area contributed by atoms with Crippen LogP contribution < -0.4 is 5.32 Å². The van der Waals surface area contributed by atoms with Gasteiger partial charge in [-0.15, -0.1) is 11.3 Å². The molecule has 5 nitrogen and oxygen atoms in total. The van der Waals surface area contributed by atoms with Crippen molar-refractivity contribution in [1.29, 1.82) is 0 Å². The lowest BCUT2D eigenvalue weighted by atomic mass is 9.94. The molecule has 2 aromatic rings. The van der Waals surface area contributed by atoms with Crippen molar-refractivity contribution in [2.45, 2.75) is 31.2 Å². The number of carbonyl (C=O) groups excluding carboxylic acids is 1. The normalized spacial score (nSPS) is 28.3. The Labute approximate surface area is 156 Å². The summed E-state index contributed by atoms with van der Waals surface area (Å²) in [6.07, 6.45) is 3.85. The van der Waals surface area contributed by atoms with Gasteiger partial charge in [-0.25, -0.2) is 13.6 Å². The van der Waals surface area contributed by atoms with Crippen LogP contribution in [0.3, 0.4) is 0 Å². The first-order valence-electron chi connectivity index (χ1n) is 8.71. The summed E-state index contributed by atoms with van der Waals surface area (Å²) in [5.74, 6) is -0.0724. The number of hydrogen-bond donors (Lipinski definition) is 1. The van der Waals surface area contributed by atoms with Crippen LogP contribution in [0.2, 0.25) is 0 Å². The molecule has 2 saturated heterocycles. The van der Waals surface area contributed by atoms with Gasteiger partial charge in [-0.3, -0.25) is 4.79 Å². The van der Waals surface area contributed by atoms with E-state index in [-0.39, 0.29) is 17.1 Å². The minimum Gasteiger partial charge on any atom is -0.310 e. The van der Waals surface area contributed by atoms with Crippen LogP contribution in [0.5, 0.6) is 0 Å². The van der Waals surface area contributed by atoms with E-state index in [2.05, 4.69) is 14.7 Å². The van der Waals surface area contributed by atoms with Crippen molar-refractivity contribution in [2.75, 3.05) is 18.1 Å². The van der Waals surface area contributed by atoms with Crippen LogP contribution >= 0.6 is 11.3 Å². The first kappa shape index (κ1) is 17.8. The number of amides is 1. The smallest absolute Gasteiger partial charge is 0.304 e. The van der Waals surface area contributed by atoms with Gasteiger partial charge < -0.3 is 5.32 Å². The first-order chi connectivity index (χ1) is 12.5. The lowest BCUT2D eigenvalue weighted by molar-refractivity contribution is 0.100. The number of aromatic nitrogens is 1. The molecule has 138 valence electrons. The standard InChI is InChI=1S/C18H20FN3O2S2/c19-14-6-2-1-5-13(14)17-21-15(11-25-17)16(23)22-26(24)10-4-8-18(12-26)7-3-9-20-18/h1-2,5-6,11,20H,3-4,7-10,12H2. The van der Waals surface area contributed by atoms with Crippen molar-refractivity contribution in [3.05, 3.63) is 41.2 Å². The van der Waals surface area contributed by atoms with Gasteiger partial charge in [-0.2, -0.15) is 4.36 Å². The summed E-state index contributed by atoms with van der Waals surface area (Å²) < 4.78 is 31.1. The molecule has 3 heterocycles. The number of thiazole rings is 1. The summed E-state index contributed by atoms with van der Waals surface area (Å²) >= 11 is 1.19. The summed E-state index contributed by atoms with van der Waals surface area (Å²) in [6, 6.07) is 6.30. The summed E-state index contributed by atoms with van der Waals surface area (Å²) in [4.78, 5) is 16.8. The van der Waals surface area contributed by atoms with Gasteiger partial charge in [-0.1, -0.05) is 12.1 Å². The molecule has 1 spiro atoms. The zero-order valence-electron chi connectivity index (χ0n) is 14.2. The van der Waals surface area contributed by atoms with E-state index >= 15 is 0 Å². The maximum atomic E-state index is 13.9. The zero-order valence-corrected chi connectivity index (χ0v) is 15.9. The highest BCUT2D eigenvalue weighted by Gasteiger charge is 2.40. The number of benzene rings is 1. The van der Waals surface area contributed by atoms with E-state index in [1.807, 2.05) is 0 Å². The van der Waals surface area contributed by atoms with Crippen LogP contribution in [0.25, 0.3) is 10.6 Å². The van der Waals surface area contributed by atoms with Gasteiger partial charge in [0.25, 0.3) is 0 Å². The molecule has 1 aromatic heterocycles. The Balaban J connectivity index is 1.59. The molecule has 0 saturated carbocycles. The van der Waals surface area contributed by atoms with Crippen molar-refractivity contribution in [3.63, 3.8) is 0 Å². The molecule has 2 atom stereocenters. The van der Waals surface area contributed by atoms with Crippen LogP contribution in [0.15, 0.2) is 34.0 Å². The van der Waals surface area contributed by atoms with E-state index < -0.39 is 15.6 Å². The molecule has 2 unspecified atom stereocenters. The summed E-state index contributed by atoms with van der Waals surface area (Å²) in [6.45, 7) is 0.932. The van der Waals surface area contributed by atoms with Crippen molar-refractivity contribution in [1.82, 2.24) is 10.3 Å². The third kappa shape index (κ3) is 3.45. The lowest BCUT2D eigenvalue weighted by Crippen LogP contribution is -2.49. The van der Waals surface area contributed by atoms with E-state index in [1.54, 1.807) is 23.6 Å². The van der Waals surface area contributed by atoms with Gasteiger partial charge in [0.05, 0.1) is 15.5 Å². The number of nitrogens with one attached hydrogen (secondary N) is 1. The molecule has 2 fully saturated rings. The fourth-order valence-corrected chi connectivity index (χ4v) is 7.19. The van der Waals surface area contributed by atoms with Gasteiger partial charge >= 0.3 is 5.91 Å². The third-order valence-electron chi connectivity index (χ3n) is 5.03. The van der Waals surface area contributed by atoms with Gasteiger partial charge in [-0.05, 0) is 44.4 Å². The fraction of sp³-hybridized carbons (Fsp3) is 0.444. The molecule has 2 aliphatic rings. The van der Waals surface area contributed by atoms with Crippen LogP contribution in [-0.4, -0.2) is 38.7 Å². The van der Waals surface area contributed by atoms with Gasteiger partial charge in [0, 0.05) is 22.2 Å². The summed E-state index contributed by atoms with van der Waals surface area (Å²) in [5.41, 5.74) is 0.363. The van der Waals surface area contributed by atoms with E-state index in [9.17, 15) is 13.4 Å². The Morgan fingerprint density at radius 3 is 2.88 bits per heavy atom. The molecule has 0 aliphatic carbocycles. The van der Waals surface area contributed by atoms with Crippen molar-refractivity contribution in [2.24, 2.45) is 4.36 Å². The Kier molecular flexibility index (Phi) is 4.66. The second kappa shape index (κ2) is 6.83. The predicted molar refractivity (Wildman–Crippen MR) is 101 cm³/mol. The molecule has 2 aliphatic heterocycles. The summed E-state index contributed by atoms with van der Waals surface area (Å²) in [7, 11) is -2.59. The van der Waals surface area contributed by atoms with E-state index in [1.165, 1.54) is 17.4 Å². The fourth-order valence-electron chi connectivity index (χ4n) is 3.82. The molecule has 1 amide bonds. The number of halogens is 1. The van der Waals surface area contributed by atoms with E-state index in [4.69, 9.17) is 0 Å². The minimum absolute atomic E-state index is 0.125. The second-order valence-electron chi connectivity index (χ2n) is 6.95.